The molecule has 0 aromatic heterocycles. The maximum Gasteiger partial charge on any atom is 0.223 e. The van der Waals surface area contributed by atoms with E-state index in [1.54, 1.807) is 7.11 Å². The molecular formula is C14H28N2O2. The van der Waals surface area contributed by atoms with Crippen LogP contribution in [-0.2, 0) is 9.53 Å². The quantitative estimate of drug-likeness (QED) is 0.784. The minimum atomic E-state index is 0.0781. The van der Waals surface area contributed by atoms with Gasteiger partial charge in [0.05, 0.1) is 12.6 Å². The number of ether oxygens (including phenoxy) is 1. The van der Waals surface area contributed by atoms with Crippen LogP contribution in [0.2, 0.25) is 0 Å². The monoisotopic (exact) mass is 256 g/mol. The summed E-state index contributed by atoms with van der Waals surface area (Å²) in [5, 5.41) is 3.10. The fourth-order valence-corrected chi connectivity index (χ4v) is 2.48. The summed E-state index contributed by atoms with van der Waals surface area (Å²) in [7, 11) is 1.67. The lowest BCUT2D eigenvalue weighted by Gasteiger charge is -2.32. The van der Waals surface area contributed by atoms with Gasteiger partial charge < -0.3 is 15.8 Å². The van der Waals surface area contributed by atoms with Crippen LogP contribution in [0.5, 0.6) is 0 Å². The molecular weight excluding hydrogens is 228 g/mol. The first kappa shape index (κ1) is 15.4. The first-order valence-corrected chi connectivity index (χ1v) is 7.00. The van der Waals surface area contributed by atoms with E-state index in [9.17, 15) is 4.79 Å². The highest BCUT2D eigenvalue weighted by atomic mass is 16.5. The van der Waals surface area contributed by atoms with Gasteiger partial charge in [0.25, 0.3) is 0 Å². The molecule has 0 aromatic carbocycles. The molecule has 0 aromatic rings. The van der Waals surface area contributed by atoms with E-state index in [2.05, 4.69) is 26.1 Å². The third-order valence-electron chi connectivity index (χ3n) is 4.11. The van der Waals surface area contributed by atoms with E-state index in [4.69, 9.17) is 10.5 Å². The van der Waals surface area contributed by atoms with E-state index in [0.29, 0.717) is 18.4 Å². The first-order chi connectivity index (χ1) is 8.45. The smallest absolute Gasteiger partial charge is 0.223 e. The van der Waals surface area contributed by atoms with Gasteiger partial charge in [-0.25, -0.2) is 0 Å². The van der Waals surface area contributed by atoms with Crippen molar-refractivity contribution < 1.29 is 9.53 Å². The van der Waals surface area contributed by atoms with Crippen LogP contribution in [0, 0.1) is 17.8 Å². The molecule has 0 bridgehead atoms. The molecule has 0 aliphatic heterocycles. The van der Waals surface area contributed by atoms with Crippen LogP contribution >= 0.6 is 0 Å². The first-order valence-electron chi connectivity index (χ1n) is 7.00. The molecule has 1 rings (SSSR count). The summed E-state index contributed by atoms with van der Waals surface area (Å²) < 4.78 is 5.15. The van der Waals surface area contributed by atoms with Gasteiger partial charge >= 0.3 is 0 Å². The van der Waals surface area contributed by atoms with Crippen LogP contribution in [0.1, 0.15) is 40.0 Å². The van der Waals surface area contributed by atoms with Gasteiger partial charge in [0, 0.05) is 19.1 Å². The highest BCUT2D eigenvalue weighted by Crippen LogP contribution is 2.27. The molecule has 4 unspecified atom stereocenters. The van der Waals surface area contributed by atoms with E-state index in [-0.39, 0.29) is 23.9 Å². The van der Waals surface area contributed by atoms with Crippen molar-refractivity contribution in [2.45, 2.75) is 52.1 Å². The van der Waals surface area contributed by atoms with Crippen molar-refractivity contribution in [3.63, 3.8) is 0 Å². The molecule has 18 heavy (non-hydrogen) atoms. The van der Waals surface area contributed by atoms with Crippen LogP contribution in [0.4, 0.5) is 0 Å². The van der Waals surface area contributed by atoms with Gasteiger partial charge in [0.1, 0.15) is 0 Å². The Balaban J connectivity index is 2.48. The Bertz CT molecular complexity index is 269. The van der Waals surface area contributed by atoms with Gasteiger partial charge in [-0.3, -0.25) is 4.79 Å². The van der Waals surface area contributed by atoms with Crippen LogP contribution in [0.15, 0.2) is 0 Å². The largest absolute Gasteiger partial charge is 0.383 e. The number of methoxy groups -OCH3 is 1. The average Bonchev–Trinajstić information content (AvgIpc) is 2.31. The summed E-state index contributed by atoms with van der Waals surface area (Å²) in [5.41, 5.74) is 6.05. The van der Waals surface area contributed by atoms with Gasteiger partial charge in [0.2, 0.25) is 5.91 Å². The lowest BCUT2D eigenvalue weighted by atomic mass is 9.79. The van der Waals surface area contributed by atoms with Crippen LogP contribution in [0.25, 0.3) is 0 Å². The van der Waals surface area contributed by atoms with Crippen LogP contribution < -0.4 is 11.1 Å². The number of nitrogens with one attached hydrogen (secondary N) is 1. The van der Waals surface area contributed by atoms with E-state index < -0.39 is 0 Å². The molecule has 4 nitrogen and oxygen atoms in total. The highest BCUT2D eigenvalue weighted by molar-refractivity contribution is 5.79. The lowest BCUT2D eigenvalue weighted by Crippen LogP contribution is -2.47. The van der Waals surface area contributed by atoms with Crippen molar-refractivity contribution in [3.8, 4) is 0 Å². The number of hydrogen-bond acceptors (Lipinski definition) is 3. The van der Waals surface area contributed by atoms with E-state index >= 15 is 0 Å². The summed E-state index contributed by atoms with van der Waals surface area (Å²) in [6, 6.07) is 0.257. The van der Waals surface area contributed by atoms with Crippen molar-refractivity contribution in [1.29, 1.82) is 0 Å². The maximum absolute atomic E-state index is 12.2. The Morgan fingerprint density at radius 3 is 2.61 bits per heavy atom. The van der Waals surface area contributed by atoms with Gasteiger partial charge in [-0.2, -0.15) is 0 Å². The standard InChI is InChI=1S/C14H28N2O2/c1-9(2)13(8-18-4)16-14(17)11-6-5-10(3)12(15)7-11/h9-13H,5-8,15H2,1-4H3,(H,16,17). The Hall–Kier alpha value is -0.610. The van der Waals surface area contributed by atoms with E-state index in [1.807, 2.05) is 0 Å². The molecule has 0 heterocycles. The van der Waals surface area contributed by atoms with Crippen molar-refractivity contribution >= 4 is 5.91 Å². The van der Waals surface area contributed by atoms with E-state index in [1.165, 1.54) is 0 Å². The van der Waals surface area contributed by atoms with Gasteiger partial charge in [-0.15, -0.1) is 0 Å². The summed E-state index contributed by atoms with van der Waals surface area (Å²) in [5.74, 6) is 1.14. The molecule has 106 valence electrons. The summed E-state index contributed by atoms with van der Waals surface area (Å²) >= 11 is 0. The maximum atomic E-state index is 12.2. The number of carbonyl (C=O) groups excluding carboxylic acids is 1. The van der Waals surface area contributed by atoms with E-state index in [0.717, 1.165) is 19.3 Å². The Labute approximate surface area is 111 Å². The zero-order valence-corrected chi connectivity index (χ0v) is 12.1. The van der Waals surface area contributed by atoms with Gasteiger partial charge in [-0.05, 0) is 31.1 Å². The van der Waals surface area contributed by atoms with Crippen molar-refractivity contribution in [2.75, 3.05) is 13.7 Å². The summed E-state index contributed by atoms with van der Waals surface area (Å²) in [6.07, 6.45) is 2.82. The SMILES string of the molecule is COCC(NC(=O)C1CCC(C)C(N)C1)C(C)C. The number of rotatable bonds is 5. The number of hydrogen-bond donors (Lipinski definition) is 2. The minimum absolute atomic E-state index is 0.0781. The molecule has 1 aliphatic rings. The summed E-state index contributed by atoms with van der Waals surface area (Å²) in [6.45, 7) is 6.93. The zero-order chi connectivity index (χ0) is 13.7. The second kappa shape index (κ2) is 7.10. The van der Waals surface area contributed by atoms with Crippen LogP contribution in [0.3, 0.4) is 0 Å². The second-order valence-corrected chi connectivity index (χ2v) is 5.97. The predicted molar refractivity (Wildman–Crippen MR) is 73.1 cm³/mol. The Morgan fingerprint density at radius 2 is 2.11 bits per heavy atom. The molecule has 1 amide bonds. The fraction of sp³-hybridized carbons (Fsp3) is 0.929. The number of nitrogens with two attached hydrogens (primary N) is 1. The topological polar surface area (TPSA) is 64.3 Å². The van der Waals surface area contributed by atoms with Crippen molar-refractivity contribution in [3.05, 3.63) is 0 Å². The molecule has 0 spiro atoms. The third kappa shape index (κ3) is 4.25. The lowest BCUT2D eigenvalue weighted by molar-refractivity contribution is -0.127. The molecule has 4 atom stereocenters. The Kier molecular flexibility index (Phi) is 6.09. The molecule has 4 heteroatoms. The van der Waals surface area contributed by atoms with Crippen molar-refractivity contribution in [1.82, 2.24) is 5.32 Å². The summed E-state index contributed by atoms with van der Waals surface area (Å²) in [4.78, 5) is 12.2. The van der Waals surface area contributed by atoms with Gasteiger partial charge in [-0.1, -0.05) is 20.8 Å². The number of amides is 1. The molecule has 1 fully saturated rings. The second-order valence-electron chi connectivity index (χ2n) is 5.97. The molecule has 1 aliphatic carbocycles. The zero-order valence-electron chi connectivity index (χ0n) is 12.1. The average molecular weight is 256 g/mol. The number of carbonyl (C=O) groups is 1. The predicted octanol–water partition coefficient (Wildman–Crippen LogP) is 1.54. The molecule has 0 radical (unpaired) electrons. The molecule has 3 N–H and O–H groups in total. The normalized spacial score (nSPS) is 30.2. The molecule has 0 saturated heterocycles. The van der Waals surface area contributed by atoms with Gasteiger partial charge in [0.15, 0.2) is 0 Å². The Morgan fingerprint density at radius 1 is 1.44 bits per heavy atom. The molecule has 1 saturated carbocycles. The minimum Gasteiger partial charge on any atom is -0.383 e. The highest BCUT2D eigenvalue weighted by Gasteiger charge is 2.30. The van der Waals surface area contributed by atoms with Crippen molar-refractivity contribution in [2.24, 2.45) is 23.5 Å². The van der Waals surface area contributed by atoms with Crippen LogP contribution in [-0.4, -0.2) is 31.7 Å². The fourth-order valence-electron chi connectivity index (χ4n) is 2.48. The third-order valence-corrected chi connectivity index (χ3v) is 4.11.